The maximum Gasteiger partial charge on any atom is 0.472 e. The van der Waals surface area contributed by atoms with Crippen molar-refractivity contribution in [1.29, 1.82) is 0 Å². The van der Waals surface area contributed by atoms with E-state index in [0.29, 0.717) is 23.9 Å². The second-order valence-corrected chi connectivity index (χ2v) is 20.7. The molecule has 2 atom stereocenters. The van der Waals surface area contributed by atoms with Gasteiger partial charge in [0.05, 0.1) is 27.7 Å². The number of allylic oxidation sites excluding steroid dienone is 24. The molecule has 0 radical (unpaired) electrons. The fourth-order valence-corrected chi connectivity index (χ4v) is 7.52. The zero-order valence-electron chi connectivity index (χ0n) is 46.6. The molecule has 0 aromatic heterocycles. The Hall–Kier alpha value is -4.11. The van der Waals surface area contributed by atoms with Crippen molar-refractivity contribution in [3.63, 3.8) is 0 Å². The lowest BCUT2D eigenvalue weighted by molar-refractivity contribution is -0.870. The van der Waals surface area contributed by atoms with Crippen molar-refractivity contribution in [2.45, 2.75) is 193 Å². The van der Waals surface area contributed by atoms with Crippen LogP contribution >= 0.6 is 7.82 Å². The summed E-state index contributed by atoms with van der Waals surface area (Å²) < 4.78 is 34.4. The third-order valence-corrected chi connectivity index (χ3v) is 12.1. The van der Waals surface area contributed by atoms with E-state index in [-0.39, 0.29) is 26.1 Å². The van der Waals surface area contributed by atoms with E-state index in [0.717, 1.165) is 128 Å². The molecule has 0 heterocycles. The molecule has 1 N–H and O–H groups in total. The SMILES string of the molecule is CC/C=C\C/C=C\C/C=C\C/C=C\C/C=C\C/C=C\C/C=C\C/C=C\C/C=C\C/C=C\C/C=C\CCCCCC(=O)OC(COC(=O)CCCCCCC/C=C\CCCCC)COP(=O)(O)OCC[N+](C)(C)C. The highest BCUT2D eigenvalue weighted by atomic mass is 31.2. The lowest BCUT2D eigenvalue weighted by atomic mass is 10.1. The zero-order chi connectivity index (χ0) is 53.5. The third kappa shape index (κ3) is 57.0. The quantitative estimate of drug-likeness (QED) is 0.0211. The lowest BCUT2D eigenvalue weighted by Crippen LogP contribution is -2.37. The number of phosphoric acid groups is 1. The average Bonchev–Trinajstić information content (AvgIpc) is 3.35. The molecule has 0 aliphatic carbocycles. The fraction of sp³-hybridized carbons (Fsp3) is 0.587. The number of carbonyl (C=O) groups is 2. The molecule has 412 valence electrons. The van der Waals surface area contributed by atoms with Gasteiger partial charge in [-0.1, -0.05) is 198 Å². The molecule has 0 fully saturated rings. The second-order valence-electron chi connectivity index (χ2n) is 19.2. The van der Waals surface area contributed by atoms with Crippen LogP contribution in [-0.4, -0.2) is 74.9 Å². The van der Waals surface area contributed by atoms with Crippen LogP contribution in [0.4, 0.5) is 0 Å². The Kier molecular flexibility index (Phi) is 49.8. The van der Waals surface area contributed by atoms with Crippen molar-refractivity contribution in [2.24, 2.45) is 0 Å². The molecule has 0 aliphatic heterocycles. The molecule has 0 aromatic carbocycles. The summed E-state index contributed by atoms with van der Waals surface area (Å²) in [5.41, 5.74) is 0. The van der Waals surface area contributed by atoms with Gasteiger partial charge < -0.3 is 18.9 Å². The fourth-order valence-electron chi connectivity index (χ4n) is 6.78. The van der Waals surface area contributed by atoms with Gasteiger partial charge >= 0.3 is 19.8 Å². The van der Waals surface area contributed by atoms with Gasteiger partial charge in [0.1, 0.15) is 19.8 Å². The van der Waals surface area contributed by atoms with Crippen LogP contribution in [0.2, 0.25) is 0 Å². The molecule has 0 saturated carbocycles. The van der Waals surface area contributed by atoms with Crippen LogP contribution in [0.1, 0.15) is 187 Å². The molecule has 0 saturated heterocycles. The van der Waals surface area contributed by atoms with Crippen molar-refractivity contribution in [3.8, 4) is 0 Å². The smallest absolute Gasteiger partial charge is 0.462 e. The normalized spacial score (nSPS) is 14.4. The maximum absolute atomic E-state index is 12.8. The Balaban J connectivity index is 4.24. The first kappa shape index (κ1) is 68.9. The Morgan fingerprint density at radius 1 is 0.438 bits per heavy atom. The van der Waals surface area contributed by atoms with Crippen LogP contribution in [0, 0.1) is 0 Å². The number of phosphoric ester groups is 1. The second kappa shape index (κ2) is 52.7. The molecular formula is C63H103NO8P+. The third-order valence-electron chi connectivity index (χ3n) is 11.1. The zero-order valence-corrected chi connectivity index (χ0v) is 47.4. The van der Waals surface area contributed by atoms with Gasteiger partial charge in [-0.15, -0.1) is 0 Å². The molecule has 9 nitrogen and oxygen atoms in total. The van der Waals surface area contributed by atoms with Gasteiger partial charge in [-0.05, 0) is 122 Å². The standard InChI is InChI=1S/C63H102NO8P/c1-6-8-10-12-14-16-18-20-21-22-23-24-25-26-27-28-29-30-31-32-33-34-35-36-37-38-39-40-41-42-43-44-46-48-50-52-54-56-63(66)72-61(60-71-73(67,68)70-58-57-64(3,4)5)59-69-62(65)55-53-51-49-47-45-19-17-15-13-11-9-7-2/h8,10,14-17,20-21,23-24,26-27,29-30,32-33,35-36,38-39,41-42,44,46,61H,6-7,9,11-13,18-19,22,25,28,31,34,37,40,43,45,47-60H2,1-5H3/p+1/b10-8-,16-14-,17-15-,21-20-,24-23-,27-26-,30-29-,33-32-,36-35-,39-38-,42-41-,46-44-. The first-order valence-electron chi connectivity index (χ1n) is 28.1. The molecule has 0 aromatic rings. The first-order chi connectivity index (χ1) is 35.5. The summed E-state index contributed by atoms with van der Waals surface area (Å²) in [6, 6.07) is 0. The summed E-state index contributed by atoms with van der Waals surface area (Å²) in [6.07, 6.45) is 77.8. The highest BCUT2D eigenvalue weighted by molar-refractivity contribution is 7.47. The minimum Gasteiger partial charge on any atom is -0.462 e. The number of esters is 2. The van der Waals surface area contributed by atoms with Gasteiger partial charge in [-0.25, -0.2) is 4.57 Å². The topological polar surface area (TPSA) is 108 Å². The van der Waals surface area contributed by atoms with Crippen LogP contribution in [0.3, 0.4) is 0 Å². The number of ether oxygens (including phenoxy) is 2. The highest BCUT2D eigenvalue weighted by Gasteiger charge is 2.27. The van der Waals surface area contributed by atoms with Crippen molar-refractivity contribution in [3.05, 3.63) is 146 Å². The van der Waals surface area contributed by atoms with E-state index in [1.54, 1.807) is 0 Å². The number of likely N-dealkylation sites (N-methyl/N-ethyl adjacent to an activating group) is 1. The Morgan fingerprint density at radius 3 is 1.19 bits per heavy atom. The van der Waals surface area contributed by atoms with Crippen LogP contribution in [0.15, 0.2) is 146 Å². The van der Waals surface area contributed by atoms with Gasteiger partial charge in [-0.2, -0.15) is 0 Å². The molecule has 10 heteroatoms. The van der Waals surface area contributed by atoms with Crippen LogP contribution in [0.25, 0.3) is 0 Å². The van der Waals surface area contributed by atoms with Gasteiger partial charge in [0.15, 0.2) is 6.10 Å². The number of unbranched alkanes of at least 4 members (excludes halogenated alkanes) is 11. The lowest BCUT2D eigenvalue weighted by Gasteiger charge is -2.24. The highest BCUT2D eigenvalue weighted by Crippen LogP contribution is 2.43. The molecule has 2 unspecified atom stereocenters. The van der Waals surface area contributed by atoms with E-state index < -0.39 is 32.5 Å². The molecule has 0 aliphatic rings. The number of quaternary nitrogens is 1. The van der Waals surface area contributed by atoms with Gasteiger partial charge in [-0.3, -0.25) is 18.6 Å². The number of carbonyl (C=O) groups excluding carboxylic acids is 2. The Labute approximate surface area is 446 Å². The molecule has 0 bridgehead atoms. The number of rotatable bonds is 49. The largest absolute Gasteiger partial charge is 0.472 e. The minimum atomic E-state index is -4.40. The monoisotopic (exact) mass is 1030 g/mol. The summed E-state index contributed by atoms with van der Waals surface area (Å²) in [5, 5.41) is 0. The number of hydrogen-bond acceptors (Lipinski definition) is 7. The van der Waals surface area contributed by atoms with Gasteiger partial charge in [0, 0.05) is 12.8 Å². The molecule has 0 rings (SSSR count). The average molecular weight is 1030 g/mol. The summed E-state index contributed by atoms with van der Waals surface area (Å²) in [6.45, 7) is 4.21. The van der Waals surface area contributed by atoms with Gasteiger partial charge in [0.25, 0.3) is 0 Å². The predicted octanol–water partition coefficient (Wildman–Crippen LogP) is 17.5. The molecule has 0 amide bonds. The number of hydrogen-bond donors (Lipinski definition) is 1. The summed E-state index contributed by atoms with van der Waals surface area (Å²) >= 11 is 0. The van der Waals surface area contributed by atoms with E-state index in [9.17, 15) is 19.0 Å². The summed E-state index contributed by atoms with van der Waals surface area (Å²) in [7, 11) is 1.43. The van der Waals surface area contributed by atoms with Crippen molar-refractivity contribution < 1.29 is 42.1 Å². The van der Waals surface area contributed by atoms with E-state index in [2.05, 4.69) is 160 Å². The van der Waals surface area contributed by atoms with Crippen molar-refractivity contribution in [2.75, 3.05) is 47.5 Å². The Bertz CT molecular complexity index is 1740. The maximum atomic E-state index is 12.8. The van der Waals surface area contributed by atoms with Gasteiger partial charge in [0.2, 0.25) is 0 Å². The summed E-state index contributed by atoms with van der Waals surface area (Å²) in [4.78, 5) is 35.5. The molecule has 73 heavy (non-hydrogen) atoms. The predicted molar refractivity (Wildman–Crippen MR) is 311 cm³/mol. The van der Waals surface area contributed by atoms with Crippen LogP contribution < -0.4 is 0 Å². The molecule has 0 spiro atoms. The molecular weight excluding hydrogens is 930 g/mol. The first-order valence-corrected chi connectivity index (χ1v) is 29.6. The summed E-state index contributed by atoms with van der Waals surface area (Å²) in [5.74, 6) is -0.861. The Morgan fingerprint density at radius 2 is 0.781 bits per heavy atom. The van der Waals surface area contributed by atoms with Crippen LogP contribution in [-0.2, 0) is 32.7 Å². The van der Waals surface area contributed by atoms with E-state index in [4.69, 9.17) is 18.5 Å². The van der Waals surface area contributed by atoms with Crippen LogP contribution in [0.5, 0.6) is 0 Å². The van der Waals surface area contributed by atoms with E-state index in [1.807, 2.05) is 21.1 Å². The van der Waals surface area contributed by atoms with Crippen molar-refractivity contribution >= 4 is 19.8 Å². The van der Waals surface area contributed by atoms with Crippen molar-refractivity contribution in [1.82, 2.24) is 0 Å². The van der Waals surface area contributed by atoms with E-state index in [1.165, 1.54) is 19.3 Å². The van der Waals surface area contributed by atoms with E-state index >= 15 is 0 Å². The minimum absolute atomic E-state index is 0.0156. The number of nitrogens with zero attached hydrogens (tertiary/aromatic N) is 1.